The molecule has 31 heavy (non-hydrogen) atoms. The molecule has 1 atom stereocenters. The average molecular weight is 437 g/mol. The standard InChI is InChI=1S/C20H25F2N5O4/c1-2-23-20(29)19-25-18(31-26-19)6-5-17(28)24-10-14-12-27(7-8-30-14)11-13-3-4-15(21)16(22)9-13/h3-4,9,14H,2,5-8,10-12H2,1H3,(H,23,29)(H,24,28)/t14-/m0/s1. The Morgan fingerprint density at radius 3 is 2.87 bits per heavy atom. The highest BCUT2D eigenvalue weighted by Gasteiger charge is 2.22. The number of carbonyl (C=O) groups is 2. The van der Waals surface area contributed by atoms with Crippen molar-refractivity contribution in [2.24, 2.45) is 0 Å². The molecule has 9 nitrogen and oxygen atoms in total. The molecule has 0 radical (unpaired) electrons. The number of amides is 2. The molecule has 0 bridgehead atoms. The fraction of sp³-hybridized carbons (Fsp3) is 0.500. The first-order valence-electron chi connectivity index (χ1n) is 10.1. The molecule has 1 aromatic carbocycles. The van der Waals surface area contributed by atoms with E-state index in [9.17, 15) is 18.4 Å². The molecule has 2 amide bonds. The first kappa shape index (κ1) is 22.8. The van der Waals surface area contributed by atoms with Gasteiger partial charge in [-0.3, -0.25) is 14.5 Å². The molecular weight excluding hydrogens is 412 g/mol. The Bertz CT molecular complexity index is 907. The number of ether oxygens (including phenoxy) is 1. The summed E-state index contributed by atoms with van der Waals surface area (Å²) in [5, 5.41) is 8.95. The first-order chi connectivity index (χ1) is 14.9. The second-order valence-corrected chi connectivity index (χ2v) is 7.15. The maximum atomic E-state index is 13.4. The van der Waals surface area contributed by atoms with E-state index in [1.165, 1.54) is 6.07 Å². The largest absolute Gasteiger partial charge is 0.374 e. The minimum atomic E-state index is -0.868. The van der Waals surface area contributed by atoms with E-state index in [2.05, 4.69) is 25.7 Å². The Hall–Kier alpha value is -2.92. The van der Waals surface area contributed by atoms with Crippen molar-refractivity contribution in [1.82, 2.24) is 25.7 Å². The maximum Gasteiger partial charge on any atom is 0.292 e. The third kappa shape index (κ3) is 6.79. The Labute approximate surface area is 178 Å². The van der Waals surface area contributed by atoms with Gasteiger partial charge >= 0.3 is 0 Å². The molecule has 1 fully saturated rings. The second-order valence-electron chi connectivity index (χ2n) is 7.15. The molecular formula is C20H25F2N5O4. The van der Waals surface area contributed by atoms with E-state index in [-0.39, 0.29) is 36.6 Å². The number of carbonyl (C=O) groups excluding carboxylic acids is 2. The van der Waals surface area contributed by atoms with Gasteiger partial charge in [0, 0.05) is 45.6 Å². The summed E-state index contributed by atoms with van der Waals surface area (Å²) < 4.78 is 37.1. The molecule has 1 aliphatic heterocycles. The number of hydrogen-bond acceptors (Lipinski definition) is 7. The van der Waals surface area contributed by atoms with Gasteiger partial charge in [-0.2, -0.15) is 4.98 Å². The van der Waals surface area contributed by atoms with Crippen LogP contribution in [0.1, 0.15) is 35.4 Å². The Morgan fingerprint density at radius 2 is 2.10 bits per heavy atom. The molecule has 2 N–H and O–H groups in total. The van der Waals surface area contributed by atoms with E-state index in [1.807, 2.05) is 0 Å². The molecule has 0 saturated carbocycles. The summed E-state index contributed by atoms with van der Waals surface area (Å²) in [6.07, 6.45) is 0.129. The molecule has 1 aliphatic rings. The van der Waals surface area contributed by atoms with Gasteiger partial charge in [0.1, 0.15) is 0 Å². The highest BCUT2D eigenvalue weighted by atomic mass is 19.2. The lowest BCUT2D eigenvalue weighted by Gasteiger charge is -2.33. The second kappa shape index (κ2) is 10.9. The van der Waals surface area contributed by atoms with Crippen LogP contribution in [0.4, 0.5) is 8.78 Å². The zero-order valence-corrected chi connectivity index (χ0v) is 17.2. The van der Waals surface area contributed by atoms with Crippen molar-refractivity contribution in [2.75, 3.05) is 32.8 Å². The van der Waals surface area contributed by atoms with E-state index < -0.39 is 17.5 Å². The fourth-order valence-electron chi connectivity index (χ4n) is 3.17. The first-order valence-corrected chi connectivity index (χ1v) is 10.1. The SMILES string of the molecule is CCNC(=O)c1noc(CCC(=O)NC[C@H]2CN(Cc3ccc(F)c(F)c3)CCO2)n1. The van der Waals surface area contributed by atoms with Crippen LogP contribution in [0.15, 0.2) is 22.7 Å². The highest BCUT2D eigenvalue weighted by Crippen LogP contribution is 2.13. The number of nitrogens with zero attached hydrogens (tertiary/aromatic N) is 3. The topological polar surface area (TPSA) is 110 Å². The van der Waals surface area contributed by atoms with E-state index in [0.717, 1.165) is 6.07 Å². The summed E-state index contributed by atoms with van der Waals surface area (Å²) >= 11 is 0. The number of morpholine rings is 1. The minimum absolute atomic E-state index is 0.0611. The van der Waals surface area contributed by atoms with Crippen LogP contribution in [0.5, 0.6) is 0 Å². The molecule has 1 aromatic heterocycles. The summed E-state index contributed by atoms with van der Waals surface area (Å²) in [4.78, 5) is 29.8. The third-order valence-electron chi connectivity index (χ3n) is 4.71. The third-order valence-corrected chi connectivity index (χ3v) is 4.71. The quantitative estimate of drug-likeness (QED) is 0.603. The van der Waals surface area contributed by atoms with Crippen molar-refractivity contribution in [3.8, 4) is 0 Å². The number of nitrogens with one attached hydrogen (secondary N) is 2. The van der Waals surface area contributed by atoms with Gasteiger partial charge in [-0.25, -0.2) is 8.78 Å². The van der Waals surface area contributed by atoms with Crippen LogP contribution >= 0.6 is 0 Å². The molecule has 168 valence electrons. The smallest absolute Gasteiger partial charge is 0.292 e. The van der Waals surface area contributed by atoms with Crippen LogP contribution in [-0.4, -0.2) is 65.7 Å². The molecule has 2 aromatic rings. The highest BCUT2D eigenvalue weighted by molar-refractivity contribution is 5.90. The summed E-state index contributed by atoms with van der Waals surface area (Å²) in [5.41, 5.74) is 0.676. The van der Waals surface area contributed by atoms with Crippen molar-refractivity contribution in [1.29, 1.82) is 0 Å². The average Bonchev–Trinajstić information content (AvgIpc) is 3.23. The lowest BCUT2D eigenvalue weighted by atomic mass is 10.1. The van der Waals surface area contributed by atoms with Crippen LogP contribution in [0.25, 0.3) is 0 Å². The van der Waals surface area contributed by atoms with E-state index in [1.54, 1.807) is 13.0 Å². The summed E-state index contributed by atoms with van der Waals surface area (Å²) in [5.74, 6) is -2.22. The summed E-state index contributed by atoms with van der Waals surface area (Å²) in [6.45, 7) is 4.72. The van der Waals surface area contributed by atoms with Gasteiger partial charge in [-0.15, -0.1) is 0 Å². The Kier molecular flexibility index (Phi) is 8.01. The maximum absolute atomic E-state index is 13.4. The van der Waals surface area contributed by atoms with Crippen LogP contribution in [0.3, 0.4) is 0 Å². The number of aryl methyl sites for hydroxylation is 1. The van der Waals surface area contributed by atoms with Crippen LogP contribution in [0, 0.1) is 11.6 Å². The van der Waals surface area contributed by atoms with E-state index >= 15 is 0 Å². The molecule has 11 heteroatoms. The number of rotatable bonds is 9. The van der Waals surface area contributed by atoms with Gasteiger partial charge in [0.05, 0.1) is 12.7 Å². The summed E-state index contributed by atoms with van der Waals surface area (Å²) in [7, 11) is 0. The Balaban J connectivity index is 1.39. The molecule has 3 rings (SSSR count). The van der Waals surface area contributed by atoms with E-state index in [4.69, 9.17) is 9.26 Å². The zero-order valence-electron chi connectivity index (χ0n) is 17.2. The van der Waals surface area contributed by atoms with Crippen molar-refractivity contribution in [3.63, 3.8) is 0 Å². The van der Waals surface area contributed by atoms with Crippen molar-refractivity contribution in [3.05, 3.63) is 47.1 Å². The number of halogens is 2. The van der Waals surface area contributed by atoms with Crippen LogP contribution in [0.2, 0.25) is 0 Å². The van der Waals surface area contributed by atoms with Gasteiger partial charge in [-0.05, 0) is 24.6 Å². The minimum Gasteiger partial charge on any atom is -0.374 e. The fourth-order valence-corrected chi connectivity index (χ4v) is 3.17. The monoisotopic (exact) mass is 437 g/mol. The number of benzene rings is 1. The summed E-state index contributed by atoms with van der Waals surface area (Å²) in [6, 6.07) is 3.86. The number of aromatic nitrogens is 2. The molecule has 1 saturated heterocycles. The molecule has 0 aliphatic carbocycles. The molecule has 2 heterocycles. The van der Waals surface area contributed by atoms with Gasteiger partial charge in [0.2, 0.25) is 11.8 Å². The van der Waals surface area contributed by atoms with Crippen LogP contribution < -0.4 is 10.6 Å². The van der Waals surface area contributed by atoms with Gasteiger partial charge < -0.3 is 19.9 Å². The van der Waals surface area contributed by atoms with E-state index in [0.29, 0.717) is 44.9 Å². The van der Waals surface area contributed by atoms with Gasteiger partial charge in [-0.1, -0.05) is 11.2 Å². The molecule has 0 spiro atoms. The van der Waals surface area contributed by atoms with Gasteiger partial charge in [0.15, 0.2) is 11.6 Å². The number of hydrogen-bond donors (Lipinski definition) is 2. The van der Waals surface area contributed by atoms with Crippen molar-refractivity contribution >= 4 is 11.8 Å². The zero-order chi connectivity index (χ0) is 22.2. The Morgan fingerprint density at radius 1 is 1.26 bits per heavy atom. The lowest BCUT2D eigenvalue weighted by Crippen LogP contribution is -2.47. The molecule has 0 unspecified atom stereocenters. The van der Waals surface area contributed by atoms with Crippen LogP contribution in [-0.2, 0) is 22.5 Å². The lowest BCUT2D eigenvalue weighted by molar-refractivity contribution is -0.122. The normalized spacial score (nSPS) is 16.8. The predicted octanol–water partition coefficient (Wildman–Crippen LogP) is 1.05. The van der Waals surface area contributed by atoms with Crippen molar-refractivity contribution in [2.45, 2.75) is 32.4 Å². The van der Waals surface area contributed by atoms with Gasteiger partial charge in [0.25, 0.3) is 11.7 Å². The van der Waals surface area contributed by atoms with Crippen molar-refractivity contribution < 1.29 is 27.6 Å². The predicted molar refractivity (Wildman–Crippen MR) is 105 cm³/mol.